The maximum absolute atomic E-state index is 12.8. The molecule has 2 aromatic carbocycles. The van der Waals surface area contributed by atoms with Crippen LogP contribution in [0.3, 0.4) is 0 Å². The van der Waals surface area contributed by atoms with E-state index in [0.717, 1.165) is 11.1 Å². The van der Waals surface area contributed by atoms with Crippen LogP contribution in [0.15, 0.2) is 53.4 Å². The highest BCUT2D eigenvalue weighted by Crippen LogP contribution is 2.35. The zero-order valence-electron chi connectivity index (χ0n) is 13.6. The van der Waals surface area contributed by atoms with Gasteiger partial charge in [-0.05, 0) is 36.8 Å². The molecule has 0 radical (unpaired) electrons. The lowest BCUT2D eigenvalue weighted by atomic mass is 10.1. The Morgan fingerprint density at radius 2 is 2.00 bits per heavy atom. The van der Waals surface area contributed by atoms with Gasteiger partial charge in [-0.3, -0.25) is 9.69 Å². The molecule has 128 valence electrons. The van der Waals surface area contributed by atoms with Crippen LogP contribution in [0.1, 0.15) is 18.1 Å². The van der Waals surface area contributed by atoms with Gasteiger partial charge in [0.2, 0.25) is 0 Å². The summed E-state index contributed by atoms with van der Waals surface area (Å²) in [6.07, 6.45) is 1.79. The Hall–Kier alpha value is -1.82. The van der Waals surface area contributed by atoms with E-state index in [9.17, 15) is 4.79 Å². The summed E-state index contributed by atoms with van der Waals surface area (Å²) in [6, 6.07) is 15.2. The first-order valence-corrected chi connectivity index (χ1v) is 9.40. The number of ether oxygens (including phenoxy) is 1. The van der Waals surface area contributed by atoms with Gasteiger partial charge in [-0.25, -0.2) is 0 Å². The zero-order valence-corrected chi connectivity index (χ0v) is 16.0. The van der Waals surface area contributed by atoms with Crippen molar-refractivity contribution in [1.82, 2.24) is 4.90 Å². The fourth-order valence-corrected chi connectivity index (χ4v) is 3.89. The number of carbonyl (C=O) groups excluding carboxylic acids is 1. The van der Waals surface area contributed by atoms with Crippen molar-refractivity contribution in [1.29, 1.82) is 0 Å². The third-order valence-electron chi connectivity index (χ3n) is 3.62. The van der Waals surface area contributed by atoms with Crippen LogP contribution < -0.4 is 4.74 Å². The molecule has 3 nitrogen and oxygen atoms in total. The van der Waals surface area contributed by atoms with Gasteiger partial charge in [-0.15, -0.1) is 0 Å². The second-order valence-electron chi connectivity index (χ2n) is 5.37. The Balaban J connectivity index is 1.87. The highest BCUT2D eigenvalue weighted by Gasteiger charge is 2.32. The summed E-state index contributed by atoms with van der Waals surface area (Å²) in [4.78, 5) is 14.9. The summed E-state index contributed by atoms with van der Waals surface area (Å²) in [7, 11) is 0. The standard InChI is InChI=1S/C19H16ClNO2S2/c1-2-23-16-9-8-15(20)10-14(16)11-17-18(22)21(19(24)25-17)12-13-6-4-3-5-7-13/h3-11H,2,12H2,1H3/b17-11+. The van der Waals surface area contributed by atoms with Gasteiger partial charge in [-0.2, -0.15) is 0 Å². The summed E-state index contributed by atoms with van der Waals surface area (Å²) in [5.41, 5.74) is 1.81. The lowest BCUT2D eigenvalue weighted by Gasteiger charge is -2.14. The van der Waals surface area contributed by atoms with E-state index in [2.05, 4.69) is 0 Å². The van der Waals surface area contributed by atoms with Crippen molar-refractivity contribution in [2.75, 3.05) is 6.61 Å². The van der Waals surface area contributed by atoms with Crippen molar-refractivity contribution in [3.05, 3.63) is 69.6 Å². The fourth-order valence-electron chi connectivity index (χ4n) is 2.46. The van der Waals surface area contributed by atoms with E-state index < -0.39 is 0 Å². The molecule has 2 aromatic rings. The highest BCUT2D eigenvalue weighted by molar-refractivity contribution is 8.26. The SMILES string of the molecule is CCOc1ccc(Cl)cc1/C=C1/SC(=S)N(Cc2ccccc2)C1=O. The van der Waals surface area contributed by atoms with Crippen LogP contribution >= 0.6 is 35.6 Å². The molecular weight excluding hydrogens is 374 g/mol. The van der Waals surface area contributed by atoms with E-state index in [0.29, 0.717) is 33.1 Å². The van der Waals surface area contributed by atoms with Crippen molar-refractivity contribution in [3.63, 3.8) is 0 Å². The minimum atomic E-state index is -0.0960. The van der Waals surface area contributed by atoms with Crippen molar-refractivity contribution < 1.29 is 9.53 Å². The summed E-state index contributed by atoms with van der Waals surface area (Å²) < 4.78 is 6.17. The third-order valence-corrected chi connectivity index (χ3v) is 5.23. The molecule has 6 heteroatoms. The number of nitrogens with zero attached hydrogens (tertiary/aromatic N) is 1. The maximum Gasteiger partial charge on any atom is 0.266 e. The molecule has 3 rings (SSSR count). The van der Waals surface area contributed by atoms with E-state index in [-0.39, 0.29) is 5.91 Å². The Kier molecular flexibility index (Phi) is 5.78. The number of thioether (sulfide) groups is 1. The summed E-state index contributed by atoms with van der Waals surface area (Å²) in [5, 5.41) is 0.592. The van der Waals surface area contributed by atoms with Crippen LogP contribution in [0.4, 0.5) is 0 Å². The Labute approximate surface area is 161 Å². The molecule has 0 aliphatic carbocycles. The summed E-state index contributed by atoms with van der Waals surface area (Å²) >= 11 is 12.8. The van der Waals surface area contributed by atoms with Gasteiger partial charge in [0, 0.05) is 10.6 Å². The van der Waals surface area contributed by atoms with Crippen molar-refractivity contribution in [2.45, 2.75) is 13.5 Å². The largest absolute Gasteiger partial charge is 0.493 e. The number of hydrogen-bond acceptors (Lipinski definition) is 4. The molecule has 0 atom stereocenters. The number of hydrogen-bond donors (Lipinski definition) is 0. The average molecular weight is 390 g/mol. The molecular formula is C19H16ClNO2S2. The number of rotatable bonds is 5. The summed E-state index contributed by atoms with van der Waals surface area (Å²) in [5.74, 6) is 0.599. The van der Waals surface area contributed by atoms with Gasteiger partial charge in [-0.1, -0.05) is 65.9 Å². The molecule has 1 saturated heterocycles. The number of halogens is 1. The quantitative estimate of drug-likeness (QED) is 0.523. The van der Waals surface area contributed by atoms with E-state index in [1.165, 1.54) is 11.8 Å². The first-order chi connectivity index (χ1) is 12.1. The molecule has 0 unspecified atom stereocenters. The van der Waals surface area contributed by atoms with Crippen LogP contribution in [0.2, 0.25) is 5.02 Å². The first-order valence-electron chi connectivity index (χ1n) is 7.80. The van der Waals surface area contributed by atoms with Crippen molar-refractivity contribution in [2.24, 2.45) is 0 Å². The predicted molar refractivity (Wildman–Crippen MR) is 108 cm³/mol. The van der Waals surface area contributed by atoms with Crippen molar-refractivity contribution in [3.8, 4) is 5.75 Å². The van der Waals surface area contributed by atoms with Crippen LogP contribution in [0.5, 0.6) is 5.75 Å². The molecule has 1 heterocycles. The second kappa shape index (κ2) is 8.04. The highest BCUT2D eigenvalue weighted by atomic mass is 35.5. The lowest BCUT2D eigenvalue weighted by Crippen LogP contribution is -2.27. The van der Waals surface area contributed by atoms with E-state index in [1.54, 1.807) is 23.1 Å². The lowest BCUT2D eigenvalue weighted by molar-refractivity contribution is -0.122. The molecule has 1 aliphatic rings. The fraction of sp³-hybridized carbons (Fsp3) is 0.158. The molecule has 1 fully saturated rings. The molecule has 0 saturated carbocycles. The minimum Gasteiger partial charge on any atom is -0.493 e. The Morgan fingerprint density at radius 1 is 1.24 bits per heavy atom. The second-order valence-corrected chi connectivity index (χ2v) is 7.48. The van der Waals surface area contributed by atoms with Gasteiger partial charge in [0.25, 0.3) is 5.91 Å². The van der Waals surface area contributed by atoms with Gasteiger partial charge in [0.1, 0.15) is 10.1 Å². The van der Waals surface area contributed by atoms with Gasteiger partial charge >= 0.3 is 0 Å². The first kappa shape index (κ1) is 18.0. The normalized spacial score (nSPS) is 15.9. The average Bonchev–Trinajstić information content (AvgIpc) is 2.86. The van der Waals surface area contributed by atoms with Crippen LogP contribution in [-0.4, -0.2) is 21.7 Å². The van der Waals surface area contributed by atoms with Gasteiger partial charge in [0.15, 0.2) is 0 Å². The molecule has 0 bridgehead atoms. The third kappa shape index (κ3) is 4.24. The van der Waals surface area contributed by atoms with Gasteiger partial charge in [0.05, 0.1) is 18.1 Å². The van der Waals surface area contributed by atoms with Crippen molar-refractivity contribution >= 4 is 51.9 Å². The molecule has 1 aliphatic heterocycles. The van der Waals surface area contributed by atoms with Crippen LogP contribution in [-0.2, 0) is 11.3 Å². The number of thiocarbonyl (C=S) groups is 1. The minimum absolute atomic E-state index is 0.0960. The molecule has 0 spiro atoms. The monoisotopic (exact) mass is 389 g/mol. The topological polar surface area (TPSA) is 29.5 Å². The Bertz CT molecular complexity index is 837. The van der Waals surface area contributed by atoms with Crippen LogP contribution in [0.25, 0.3) is 6.08 Å². The van der Waals surface area contributed by atoms with E-state index in [1.807, 2.05) is 43.3 Å². The summed E-state index contributed by atoms with van der Waals surface area (Å²) in [6.45, 7) is 2.92. The molecule has 1 amide bonds. The number of carbonyl (C=O) groups is 1. The molecule has 0 N–H and O–H groups in total. The molecule has 0 aromatic heterocycles. The van der Waals surface area contributed by atoms with E-state index in [4.69, 9.17) is 28.6 Å². The van der Waals surface area contributed by atoms with E-state index >= 15 is 0 Å². The molecule has 25 heavy (non-hydrogen) atoms. The number of benzene rings is 2. The number of amides is 1. The Morgan fingerprint density at radius 3 is 2.72 bits per heavy atom. The smallest absolute Gasteiger partial charge is 0.266 e. The van der Waals surface area contributed by atoms with Gasteiger partial charge < -0.3 is 4.74 Å². The zero-order chi connectivity index (χ0) is 17.8. The maximum atomic E-state index is 12.8. The van der Waals surface area contributed by atoms with Crippen LogP contribution in [0, 0.1) is 0 Å². The predicted octanol–water partition coefficient (Wildman–Crippen LogP) is 5.14.